The molecule has 1 amide bonds. The van der Waals surface area contributed by atoms with E-state index in [9.17, 15) is 4.79 Å². The van der Waals surface area contributed by atoms with Crippen LogP contribution in [0.3, 0.4) is 0 Å². The van der Waals surface area contributed by atoms with Crippen LogP contribution in [0.2, 0.25) is 0 Å². The van der Waals surface area contributed by atoms with E-state index in [-0.39, 0.29) is 5.91 Å². The highest BCUT2D eigenvalue weighted by Gasteiger charge is 2.13. The Bertz CT molecular complexity index is 572. The fraction of sp³-hybridized carbons (Fsp3) is 0.312. The minimum Gasteiger partial charge on any atom is -0.314 e. The van der Waals surface area contributed by atoms with Crippen molar-refractivity contribution in [1.29, 1.82) is 0 Å². The Morgan fingerprint density at radius 2 is 1.84 bits per heavy atom. The maximum Gasteiger partial charge on any atom is 0.240 e. The lowest BCUT2D eigenvalue weighted by atomic mass is 10.1. The fourth-order valence-electron chi connectivity index (χ4n) is 2.05. The van der Waals surface area contributed by atoms with E-state index in [0.717, 1.165) is 16.5 Å². The summed E-state index contributed by atoms with van der Waals surface area (Å²) in [4.78, 5) is 13.9. The topological polar surface area (TPSA) is 32.3 Å². The second-order valence-corrected chi connectivity index (χ2v) is 4.99. The highest BCUT2D eigenvalue weighted by molar-refractivity contribution is 6.03. The minimum absolute atomic E-state index is 0.0741. The van der Waals surface area contributed by atoms with Crippen molar-refractivity contribution in [1.82, 2.24) is 5.32 Å². The van der Waals surface area contributed by atoms with Gasteiger partial charge in [0.2, 0.25) is 5.91 Å². The Balaban J connectivity index is 2.26. The summed E-state index contributed by atoms with van der Waals surface area (Å²) in [5.41, 5.74) is 0.952. The van der Waals surface area contributed by atoms with Crippen LogP contribution in [0.5, 0.6) is 0 Å². The first-order valence-electron chi connectivity index (χ1n) is 6.57. The van der Waals surface area contributed by atoms with Crippen LogP contribution in [-0.4, -0.2) is 25.5 Å². The predicted molar refractivity (Wildman–Crippen MR) is 80.5 cm³/mol. The van der Waals surface area contributed by atoms with Gasteiger partial charge in [0, 0.05) is 18.5 Å². The second kappa shape index (κ2) is 5.85. The summed E-state index contributed by atoms with van der Waals surface area (Å²) in [6.45, 7) is 4.42. The van der Waals surface area contributed by atoms with Crippen molar-refractivity contribution in [3.8, 4) is 0 Å². The first kappa shape index (κ1) is 13.6. The zero-order valence-electron chi connectivity index (χ0n) is 11.7. The van der Waals surface area contributed by atoms with Gasteiger partial charge >= 0.3 is 0 Å². The van der Waals surface area contributed by atoms with Crippen LogP contribution in [0.1, 0.15) is 13.8 Å². The van der Waals surface area contributed by atoms with Crippen LogP contribution in [0.4, 0.5) is 5.69 Å². The standard InChI is InChI=1S/C16H20N2O/c1-12(2)17-11-16(19)18(3)15-10-6-8-13-7-4-5-9-14(13)15/h4-10,12,17H,11H2,1-3H3. The monoisotopic (exact) mass is 256 g/mol. The van der Waals surface area contributed by atoms with Gasteiger partial charge in [-0.1, -0.05) is 50.2 Å². The molecule has 3 nitrogen and oxygen atoms in total. The molecule has 0 atom stereocenters. The van der Waals surface area contributed by atoms with E-state index >= 15 is 0 Å². The minimum atomic E-state index is 0.0741. The van der Waals surface area contributed by atoms with Gasteiger partial charge in [-0.15, -0.1) is 0 Å². The normalized spacial score (nSPS) is 10.9. The number of carbonyl (C=O) groups excluding carboxylic acids is 1. The molecule has 1 N–H and O–H groups in total. The van der Waals surface area contributed by atoms with E-state index in [1.807, 2.05) is 51.2 Å². The van der Waals surface area contributed by atoms with Gasteiger partial charge in [-0.3, -0.25) is 4.79 Å². The Kier molecular flexibility index (Phi) is 4.17. The molecule has 0 fully saturated rings. The van der Waals surface area contributed by atoms with Crippen LogP contribution in [0.15, 0.2) is 42.5 Å². The van der Waals surface area contributed by atoms with E-state index in [1.54, 1.807) is 4.90 Å². The number of anilines is 1. The van der Waals surface area contributed by atoms with Crippen LogP contribution >= 0.6 is 0 Å². The molecule has 0 spiro atoms. The molecule has 0 aliphatic heterocycles. The Hall–Kier alpha value is -1.87. The molecule has 0 bridgehead atoms. The summed E-state index contributed by atoms with van der Waals surface area (Å²) in [6, 6.07) is 14.4. The Morgan fingerprint density at radius 3 is 2.58 bits per heavy atom. The quantitative estimate of drug-likeness (QED) is 0.912. The number of nitrogens with zero attached hydrogens (tertiary/aromatic N) is 1. The van der Waals surface area contributed by atoms with Crippen molar-refractivity contribution in [2.45, 2.75) is 19.9 Å². The van der Waals surface area contributed by atoms with Gasteiger partial charge in [0.25, 0.3) is 0 Å². The average molecular weight is 256 g/mol. The molecule has 0 aromatic heterocycles. The van der Waals surface area contributed by atoms with E-state index in [0.29, 0.717) is 12.6 Å². The number of amides is 1. The summed E-state index contributed by atoms with van der Waals surface area (Å²) in [5.74, 6) is 0.0741. The first-order valence-corrected chi connectivity index (χ1v) is 6.57. The summed E-state index contributed by atoms with van der Waals surface area (Å²) >= 11 is 0. The molecular formula is C16H20N2O. The van der Waals surface area contributed by atoms with E-state index in [2.05, 4.69) is 17.4 Å². The molecule has 0 heterocycles. The van der Waals surface area contributed by atoms with Crippen LogP contribution < -0.4 is 10.2 Å². The van der Waals surface area contributed by atoms with Crippen molar-refractivity contribution >= 4 is 22.4 Å². The van der Waals surface area contributed by atoms with Gasteiger partial charge in [-0.2, -0.15) is 0 Å². The molecule has 0 unspecified atom stereocenters. The first-order chi connectivity index (χ1) is 9.09. The number of carbonyl (C=O) groups is 1. The summed E-state index contributed by atoms with van der Waals surface area (Å²) in [6.07, 6.45) is 0. The zero-order valence-corrected chi connectivity index (χ0v) is 11.7. The second-order valence-electron chi connectivity index (χ2n) is 4.99. The van der Waals surface area contributed by atoms with Crippen LogP contribution in [0, 0.1) is 0 Å². The Labute approximate surface area is 114 Å². The third-order valence-electron chi connectivity index (χ3n) is 3.16. The lowest BCUT2D eigenvalue weighted by molar-refractivity contribution is -0.117. The fourth-order valence-corrected chi connectivity index (χ4v) is 2.05. The van der Waals surface area contributed by atoms with Crippen molar-refractivity contribution < 1.29 is 4.79 Å². The maximum absolute atomic E-state index is 12.2. The van der Waals surface area contributed by atoms with E-state index < -0.39 is 0 Å². The number of likely N-dealkylation sites (N-methyl/N-ethyl adjacent to an activating group) is 1. The largest absolute Gasteiger partial charge is 0.314 e. The summed E-state index contributed by atoms with van der Waals surface area (Å²) in [5, 5.41) is 5.40. The molecule has 2 aromatic carbocycles. The van der Waals surface area contributed by atoms with Gasteiger partial charge in [0.05, 0.1) is 12.2 Å². The molecule has 2 aromatic rings. The van der Waals surface area contributed by atoms with E-state index in [1.165, 1.54) is 0 Å². The molecule has 0 radical (unpaired) electrons. The average Bonchev–Trinajstić information content (AvgIpc) is 2.43. The lowest BCUT2D eigenvalue weighted by Crippen LogP contribution is -2.38. The zero-order chi connectivity index (χ0) is 13.8. The van der Waals surface area contributed by atoms with Gasteiger partial charge < -0.3 is 10.2 Å². The third kappa shape index (κ3) is 3.12. The number of nitrogens with one attached hydrogen (secondary N) is 1. The Morgan fingerprint density at radius 1 is 1.16 bits per heavy atom. The lowest BCUT2D eigenvalue weighted by Gasteiger charge is -2.20. The molecule has 100 valence electrons. The number of benzene rings is 2. The number of rotatable bonds is 4. The van der Waals surface area contributed by atoms with Gasteiger partial charge in [-0.05, 0) is 11.5 Å². The molecule has 0 aliphatic rings. The third-order valence-corrected chi connectivity index (χ3v) is 3.16. The molecule has 2 rings (SSSR count). The van der Waals surface area contributed by atoms with E-state index in [4.69, 9.17) is 0 Å². The van der Waals surface area contributed by atoms with Gasteiger partial charge in [0.1, 0.15) is 0 Å². The molecule has 19 heavy (non-hydrogen) atoms. The van der Waals surface area contributed by atoms with Gasteiger partial charge in [0.15, 0.2) is 0 Å². The SMILES string of the molecule is CC(C)NCC(=O)N(C)c1cccc2ccccc12. The van der Waals surface area contributed by atoms with Crippen LogP contribution in [-0.2, 0) is 4.79 Å². The van der Waals surface area contributed by atoms with Gasteiger partial charge in [-0.25, -0.2) is 0 Å². The number of hydrogen-bond donors (Lipinski definition) is 1. The summed E-state index contributed by atoms with van der Waals surface area (Å²) < 4.78 is 0. The molecule has 0 aliphatic carbocycles. The maximum atomic E-state index is 12.2. The summed E-state index contributed by atoms with van der Waals surface area (Å²) in [7, 11) is 1.83. The van der Waals surface area contributed by atoms with Crippen molar-refractivity contribution in [3.63, 3.8) is 0 Å². The van der Waals surface area contributed by atoms with Crippen molar-refractivity contribution in [3.05, 3.63) is 42.5 Å². The molecule has 0 saturated heterocycles. The highest BCUT2D eigenvalue weighted by atomic mass is 16.2. The molecular weight excluding hydrogens is 236 g/mol. The smallest absolute Gasteiger partial charge is 0.240 e. The molecule has 0 saturated carbocycles. The van der Waals surface area contributed by atoms with Crippen molar-refractivity contribution in [2.75, 3.05) is 18.5 Å². The predicted octanol–water partition coefficient (Wildman–Crippen LogP) is 2.80. The van der Waals surface area contributed by atoms with Crippen molar-refractivity contribution in [2.24, 2.45) is 0 Å². The van der Waals surface area contributed by atoms with Crippen LogP contribution in [0.25, 0.3) is 10.8 Å². The highest BCUT2D eigenvalue weighted by Crippen LogP contribution is 2.25. The molecule has 3 heteroatoms. The number of fused-ring (bicyclic) bond motifs is 1. The number of hydrogen-bond acceptors (Lipinski definition) is 2.